The molecule has 0 N–H and O–H groups in total. The molecule has 0 aromatic carbocycles. The largest absolute Gasteiger partial charge is 0.471 e. The summed E-state index contributed by atoms with van der Waals surface area (Å²) in [7, 11) is 0. The first kappa shape index (κ1) is 15.1. The minimum Gasteiger partial charge on any atom is -0.471 e. The lowest BCUT2D eigenvalue weighted by Crippen LogP contribution is -2.59. The van der Waals surface area contributed by atoms with Gasteiger partial charge in [0.15, 0.2) is 5.82 Å². The molecule has 2 saturated heterocycles. The van der Waals surface area contributed by atoms with Crippen LogP contribution in [0.25, 0.3) is 0 Å². The fourth-order valence-electron chi connectivity index (χ4n) is 3.09. The SMILES string of the molecule is N#Cc1ncc(N2CC3(CC(Oc4ncccc4F)CS3)C2)cn1. The zero-order chi connectivity index (χ0) is 16.6. The van der Waals surface area contributed by atoms with E-state index in [4.69, 9.17) is 10.00 Å². The Kier molecular flexibility index (Phi) is 3.73. The molecule has 2 aliphatic heterocycles. The molecule has 2 aliphatic rings. The van der Waals surface area contributed by atoms with Crippen molar-refractivity contribution in [3.05, 3.63) is 42.4 Å². The summed E-state index contributed by atoms with van der Waals surface area (Å²) in [5.74, 6) is 0.661. The van der Waals surface area contributed by atoms with Crippen molar-refractivity contribution in [2.75, 3.05) is 23.7 Å². The van der Waals surface area contributed by atoms with E-state index in [1.165, 1.54) is 12.3 Å². The molecule has 1 atom stereocenters. The van der Waals surface area contributed by atoms with E-state index in [0.29, 0.717) is 0 Å². The molecule has 0 amide bonds. The molecule has 2 aromatic rings. The first-order valence-corrected chi connectivity index (χ1v) is 8.54. The van der Waals surface area contributed by atoms with E-state index in [9.17, 15) is 4.39 Å². The fraction of sp³-hybridized carbons (Fsp3) is 0.375. The third kappa shape index (κ3) is 2.76. The van der Waals surface area contributed by atoms with Crippen molar-refractivity contribution < 1.29 is 9.13 Å². The van der Waals surface area contributed by atoms with Gasteiger partial charge in [0.05, 0.1) is 22.8 Å². The zero-order valence-electron chi connectivity index (χ0n) is 12.7. The van der Waals surface area contributed by atoms with Crippen molar-refractivity contribution in [1.82, 2.24) is 15.0 Å². The molecule has 1 spiro atoms. The van der Waals surface area contributed by atoms with Crippen LogP contribution in [-0.2, 0) is 0 Å². The third-order valence-electron chi connectivity index (χ3n) is 4.24. The van der Waals surface area contributed by atoms with Crippen LogP contribution in [0.5, 0.6) is 5.88 Å². The summed E-state index contributed by atoms with van der Waals surface area (Å²) in [6.07, 6.45) is 5.72. The number of rotatable bonds is 3. The number of nitrogens with zero attached hydrogens (tertiary/aromatic N) is 5. The Morgan fingerprint density at radius 2 is 2.12 bits per heavy atom. The number of hydrogen-bond donors (Lipinski definition) is 0. The van der Waals surface area contributed by atoms with Gasteiger partial charge in [-0.1, -0.05) is 0 Å². The molecule has 4 rings (SSSR count). The summed E-state index contributed by atoms with van der Waals surface area (Å²) in [4.78, 5) is 14.1. The van der Waals surface area contributed by atoms with Gasteiger partial charge in [0.25, 0.3) is 5.88 Å². The first-order valence-electron chi connectivity index (χ1n) is 7.56. The van der Waals surface area contributed by atoms with Gasteiger partial charge in [-0.3, -0.25) is 0 Å². The number of hydrogen-bond acceptors (Lipinski definition) is 7. The summed E-state index contributed by atoms with van der Waals surface area (Å²) in [5.41, 5.74) is 0.917. The molecule has 2 aromatic heterocycles. The molecule has 6 nitrogen and oxygen atoms in total. The Labute approximate surface area is 142 Å². The van der Waals surface area contributed by atoms with E-state index in [2.05, 4.69) is 19.9 Å². The minimum absolute atomic E-state index is 0.0289. The molecule has 8 heteroatoms. The number of anilines is 1. The van der Waals surface area contributed by atoms with Crippen molar-refractivity contribution in [3.8, 4) is 11.9 Å². The van der Waals surface area contributed by atoms with Crippen molar-refractivity contribution in [2.24, 2.45) is 0 Å². The molecule has 1 unspecified atom stereocenters. The van der Waals surface area contributed by atoms with E-state index < -0.39 is 5.82 Å². The van der Waals surface area contributed by atoms with E-state index in [-0.39, 0.29) is 22.6 Å². The summed E-state index contributed by atoms with van der Waals surface area (Å²) >= 11 is 1.86. The van der Waals surface area contributed by atoms with E-state index in [1.54, 1.807) is 18.5 Å². The van der Waals surface area contributed by atoms with Crippen LogP contribution in [0.15, 0.2) is 30.7 Å². The highest BCUT2D eigenvalue weighted by molar-refractivity contribution is 8.01. The maximum Gasteiger partial charge on any atom is 0.250 e. The third-order valence-corrected chi connectivity index (χ3v) is 5.82. The molecule has 4 heterocycles. The van der Waals surface area contributed by atoms with Crippen LogP contribution in [0.4, 0.5) is 10.1 Å². The van der Waals surface area contributed by atoms with Gasteiger partial charge < -0.3 is 9.64 Å². The van der Waals surface area contributed by atoms with Crippen molar-refractivity contribution in [2.45, 2.75) is 17.3 Å². The lowest BCUT2D eigenvalue weighted by atomic mass is 9.92. The van der Waals surface area contributed by atoms with Gasteiger partial charge in [-0.05, 0) is 12.1 Å². The summed E-state index contributed by atoms with van der Waals surface area (Å²) in [6.45, 7) is 1.75. The number of ether oxygens (including phenoxy) is 1. The van der Waals surface area contributed by atoms with E-state index in [1.807, 2.05) is 17.8 Å². The van der Waals surface area contributed by atoms with Crippen LogP contribution < -0.4 is 9.64 Å². The molecule has 24 heavy (non-hydrogen) atoms. The lowest BCUT2D eigenvalue weighted by Gasteiger charge is -2.48. The summed E-state index contributed by atoms with van der Waals surface area (Å²) in [5, 5.41) is 8.74. The van der Waals surface area contributed by atoms with Crippen LogP contribution in [0.3, 0.4) is 0 Å². The minimum atomic E-state index is -0.423. The van der Waals surface area contributed by atoms with Crippen molar-refractivity contribution in [1.29, 1.82) is 5.26 Å². The molecule has 0 aliphatic carbocycles. The van der Waals surface area contributed by atoms with Gasteiger partial charge in [0.1, 0.15) is 12.2 Å². The lowest BCUT2D eigenvalue weighted by molar-refractivity contribution is 0.186. The second kappa shape index (κ2) is 5.91. The standard InChI is InChI=1S/C16H14FN5OS/c17-13-2-1-3-19-15(13)23-12-4-16(24-8-12)9-22(10-16)11-6-20-14(5-18)21-7-11/h1-3,6-7,12H,4,8-10H2. The van der Waals surface area contributed by atoms with Crippen LogP contribution in [0.1, 0.15) is 12.2 Å². The first-order chi connectivity index (χ1) is 11.7. The number of nitriles is 1. The second-order valence-corrected chi connectivity index (χ2v) is 7.45. The normalized spacial score (nSPS) is 21.3. The maximum atomic E-state index is 13.6. The number of pyridine rings is 1. The molecular weight excluding hydrogens is 329 g/mol. The monoisotopic (exact) mass is 343 g/mol. The van der Waals surface area contributed by atoms with Gasteiger partial charge in [-0.25, -0.2) is 19.3 Å². The van der Waals surface area contributed by atoms with Gasteiger partial charge >= 0.3 is 0 Å². The number of halogens is 1. The zero-order valence-corrected chi connectivity index (χ0v) is 13.5. The molecule has 2 fully saturated rings. The Hall–Kier alpha value is -2.40. The van der Waals surface area contributed by atoms with Gasteiger partial charge in [-0.15, -0.1) is 11.8 Å². The highest BCUT2D eigenvalue weighted by Crippen LogP contribution is 2.47. The van der Waals surface area contributed by atoms with Crippen LogP contribution >= 0.6 is 11.8 Å². The van der Waals surface area contributed by atoms with Crippen molar-refractivity contribution in [3.63, 3.8) is 0 Å². The predicted octanol–water partition coefficient (Wildman–Crippen LogP) is 2.03. The van der Waals surface area contributed by atoms with Gasteiger partial charge in [-0.2, -0.15) is 5.26 Å². The Morgan fingerprint density at radius 3 is 2.83 bits per heavy atom. The Morgan fingerprint density at radius 1 is 1.33 bits per heavy atom. The highest BCUT2D eigenvalue weighted by atomic mass is 32.2. The molecule has 0 radical (unpaired) electrons. The van der Waals surface area contributed by atoms with Gasteiger partial charge in [0, 0.05) is 31.5 Å². The number of aromatic nitrogens is 3. The van der Waals surface area contributed by atoms with Crippen LogP contribution in [0.2, 0.25) is 0 Å². The smallest absolute Gasteiger partial charge is 0.250 e. The van der Waals surface area contributed by atoms with Crippen molar-refractivity contribution >= 4 is 17.4 Å². The van der Waals surface area contributed by atoms with E-state index >= 15 is 0 Å². The summed E-state index contributed by atoms with van der Waals surface area (Å²) < 4.78 is 19.5. The molecule has 122 valence electrons. The van der Waals surface area contributed by atoms with E-state index in [0.717, 1.165) is 31.0 Å². The Bertz CT molecular complexity index is 788. The average molecular weight is 343 g/mol. The molecule has 0 bridgehead atoms. The topological polar surface area (TPSA) is 74.9 Å². The molecular formula is C16H14FN5OS. The number of thioether (sulfide) groups is 1. The maximum absolute atomic E-state index is 13.6. The average Bonchev–Trinajstić information content (AvgIpc) is 3.00. The molecule has 0 saturated carbocycles. The predicted molar refractivity (Wildman–Crippen MR) is 87.4 cm³/mol. The van der Waals surface area contributed by atoms with Crippen LogP contribution in [0, 0.1) is 17.1 Å². The van der Waals surface area contributed by atoms with Gasteiger partial charge in [0.2, 0.25) is 5.82 Å². The Balaban J connectivity index is 1.36. The second-order valence-electron chi connectivity index (χ2n) is 5.96. The highest BCUT2D eigenvalue weighted by Gasteiger charge is 2.50. The summed E-state index contributed by atoms with van der Waals surface area (Å²) in [6, 6.07) is 4.82. The van der Waals surface area contributed by atoms with Crippen LogP contribution in [-0.4, -0.2) is 44.6 Å². The fourth-order valence-corrected chi connectivity index (χ4v) is 4.61. The quantitative estimate of drug-likeness (QED) is 0.844.